The molecule has 0 spiro atoms. The van der Waals surface area contributed by atoms with Crippen molar-refractivity contribution >= 4 is 0 Å². The monoisotopic (exact) mass is 82.1 g/mol. The first kappa shape index (κ1) is 5.74. The van der Waals surface area contributed by atoms with E-state index in [4.69, 9.17) is 6.58 Å². The quantitative estimate of drug-likeness (QED) is 0.457. The van der Waals surface area contributed by atoms with Gasteiger partial charge in [0.05, 0.1) is 0 Å². The summed E-state index contributed by atoms with van der Waals surface area (Å²) >= 11 is 0. The largest absolute Gasteiger partial charge is 0.0845 e. The van der Waals surface area contributed by atoms with Crippen LogP contribution >= 0.6 is 0 Å². The highest BCUT2D eigenvalue weighted by Crippen LogP contribution is 1.90. The standard InChI is InChI=1S/C6H10/c1-3-5-6-4-2/h1,3H,2,4-6H2. The van der Waals surface area contributed by atoms with Gasteiger partial charge < -0.3 is 0 Å². The zero-order valence-electron chi connectivity index (χ0n) is 3.98. The van der Waals surface area contributed by atoms with Gasteiger partial charge in [-0.25, -0.2) is 0 Å². The van der Waals surface area contributed by atoms with Crippen LogP contribution in [-0.2, 0) is 0 Å². The van der Waals surface area contributed by atoms with Crippen LogP contribution in [0, 0.1) is 13.5 Å². The molecule has 2 radical (unpaired) electrons. The second kappa shape index (κ2) is 4.74. The molecule has 0 rings (SSSR count). The van der Waals surface area contributed by atoms with Crippen LogP contribution in [0.5, 0.6) is 0 Å². The fraction of sp³-hybridized carbons (Fsp3) is 0.500. The summed E-state index contributed by atoms with van der Waals surface area (Å²) in [4.78, 5) is 0. The maximum Gasteiger partial charge on any atom is -0.0348 e. The first-order chi connectivity index (χ1) is 2.91. The summed E-state index contributed by atoms with van der Waals surface area (Å²) in [6, 6.07) is 0. The average molecular weight is 82.1 g/mol. The Balaban J connectivity index is 2.49. The van der Waals surface area contributed by atoms with Crippen LogP contribution in [0.1, 0.15) is 19.3 Å². The molecule has 0 aromatic carbocycles. The van der Waals surface area contributed by atoms with Gasteiger partial charge in [-0.1, -0.05) is 26.0 Å². The van der Waals surface area contributed by atoms with Crippen LogP contribution in [0.2, 0.25) is 0 Å². The van der Waals surface area contributed by atoms with E-state index in [9.17, 15) is 0 Å². The fourth-order valence-electron chi connectivity index (χ4n) is 0.262. The maximum atomic E-state index is 5.06. The molecular formula is C6H10. The molecule has 0 unspecified atom stereocenters. The second-order valence-corrected chi connectivity index (χ2v) is 1.23. The second-order valence-electron chi connectivity index (χ2n) is 1.23. The summed E-state index contributed by atoms with van der Waals surface area (Å²) in [5.74, 6) is 0. The summed E-state index contributed by atoms with van der Waals surface area (Å²) in [6.45, 7) is 8.71. The van der Waals surface area contributed by atoms with Crippen LogP contribution in [0.4, 0.5) is 0 Å². The summed E-state index contributed by atoms with van der Waals surface area (Å²) in [5, 5.41) is 0. The molecule has 0 heterocycles. The van der Waals surface area contributed by atoms with Gasteiger partial charge in [0.15, 0.2) is 0 Å². The van der Waals surface area contributed by atoms with Crippen molar-refractivity contribution < 1.29 is 0 Å². The highest BCUT2D eigenvalue weighted by atomic mass is 13.8. The van der Waals surface area contributed by atoms with E-state index >= 15 is 0 Å². The molecule has 0 atom stereocenters. The fourth-order valence-corrected chi connectivity index (χ4v) is 0.262. The van der Waals surface area contributed by atoms with Crippen molar-refractivity contribution in [3.63, 3.8) is 0 Å². The van der Waals surface area contributed by atoms with E-state index < -0.39 is 0 Å². The number of hydrogen-bond acceptors (Lipinski definition) is 0. The van der Waals surface area contributed by atoms with Crippen LogP contribution in [-0.4, -0.2) is 0 Å². The Labute approximate surface area is 39.9 Å². The summed E-state index contributed by atoms with van der Waals surface area (Å²) in [7, 11) is 0. The number of hydrogen-bond donors (Lipinski definition) is 0. The Morgan fingerprint density at radius 1 is 1.67 bits per heavy atom. The predicted octanol–water partition coefficient (Wildman–Crippen LogP) is 1.98. The smallest absolute Gasteiger partial charge is 0.0348 e. The first-order valence-corrected chi connectivity index (χ1v) is 2.24. The Morgan fingerprint density at radius 2 is 2.33 bits per heavy atom. The zero-order valence-corrected chi connectivity index (χ0v) is 3.98. The molecule has 0 aliphatic rings. The third-order valence-electron chi connectivity index (χ3n) is 0.621. The zero-order chi connectivity index (χ0) is 4.83. The van der Waals surface area contributed by atoms with E-state index in [1.54, 1.807) is 6.08 Å². The Kier molecular flexibility index (Phi) is 4.53. The molecule has 0 N–H and O–H groups in total. The van der Waals surface area contributed by atoms with Gasteiger partial charge in [-0.3, -0.25) is 0 Å². The molecule has 0 aliphatic carbocycles. The predicted molar refractivity (Wildman–Crippen MR) is 28.1 cm³/mol. The molecule has 0 amide bonds. The molecule has 0 bridgehead atoms. The maximum absolute atomic E-state index is 5.06. The van der Waals surface area contributed by atoms with Gasteiger partial charge in [0.2, 0.25) is 0 Å². The lowest BCUT2D eigenvalue weighted by molar-refractivity contribution is 0.867. The Hall–Kier alpha value is -0.260. The van der Waals surface area contributed by atoms with Crippen molar-refractivity contribution in [2.24, 2.45) is 0 Å². The average Bonchev–Trinajstić information content (AvgIpc) is 1.61. The highest BCUT2D eigenvalue weighted by Gasteiger charge is 1.71. The lowest BCUT2D eigenvalue weighted by atomic mass is 10.3. The minimum Gasteiger partial charge on any atom is -0.0845 e. The highest BCUT2D eigenvalue weighted by molar-refractivity contribution is 4.61. The molecule has 0 saturated heterocycles. The molecule has 0 aromatic rings. The van der Waals surface area contributed by atoms with E-state index in [2.05, 4.69) is 6.92 Å². The molecule has 0 fully saturated rings. The Bertz CT molecular complexity index is 29.0. The van der Waals surface area contributed by atoms with Crippen LogP contribution < -0.4 is 0 Å². The van der Waals surface area contributed by atoms with Gasteiger partial charge in [0.25, 0.3) is 0 Å². The van der Waals surface area contributed by atoms with E-state index in [0.717, 1.165) is 19.3 Å². The van der Waals surface area contributed by atoms with Gasteiger partial charge in [-0.15, -0.1) is 0 Å². The van der Waals surface area contributed by atoms with Crippen molar-refractivity contribution in [2.75, 3.05) is 0 Å². The van der Waals surface area contributed by atoms with Gasteiger partial charge in [0, 0.05) is 0 Å². The van der Waals surface area contributed by atoms with Crippen LogP contribution in [0.15, 0.2) is 6.08 Å². The number of allylic oxidation sites excluding steroid dienone is 1. The van der Waals surface area contributed by atoms with Crippen LogP contribution in [0.3, 0.4) is 0 Å². The third kappa shape index (κ3) is 3.74. The summed E-state index contributed by atoms with van der Waals surface area (Å²) < 4.78 is 0. The van der Waals surface area contributed by atoms with Crippen molar-refractivity contribution in [3.05, 3.63) is 19.6 Å². The van der Waals surface area contributed by atoms with E-state index in [1.807, 2.05) is 0 Å². The van der Waals surface area contributed by atoms with Crippen molar-refractivity contribution in [1.82, 2.24) is 0 Å². The van der Waals surface area contributed by atoms with Gasteiger partial charge in [-0.2, -0.15) is 0 Å². The molecule has 0 aliphatic heterocycles. The van der Waals surface area contributed by atoms with E-state index in [1.165, 1.54) is 0 Å². The van der Waals surface area contributed by atoms with E-state index in [0.29, 0.717) is 0 Å². The summed E-state index contributed by atoms with van der Waals surface area (Å²) in [5.41, 5.74) is 0. The molecule has 6 heavy (non-hydrogen) atoms. The summed E-state index contributed by atoms with van der Waals surface area (Å²) in [6.07, 6.45) is 4.79. The molecule has 0 nitrogen and oxygen atoms in total. The lowest BCUT2D eigenvalue weighted by Gasteiger charge is -1.81. The Morgan fingerprint density at radius 3 is 2.50 bits per heavy atom. The van der Waals surface area contributed by atoms with Crippen LogP contribution in [0.25, 0.3) is 0 Å². The van der Waals surface area contributed by atoms with Gasteiger partial charge >= 0.3 is 0 Å². The topological polar surface area (TPSA) is 0 Å². The molecule has 0 aromatic heterocycles. The minimum atomic E-state index is 0.994. The third-order valence-corrected chi connectivity index (χ3v) is 0.621. The van der Waals surface area contributed by atoms with Crippen molar-refractivity contribution in [3.8, 4) is 0 Å². The normalized spacial score (nSPS) is 8.17. The molecule has 34 valence electrons. The number of unbranched alkanes of at least 4 members (excludes halogenated alkanes) is 2. The minimum absolute atomic E-state index is 0.994. The molecular weight excluding hydrogens is 72.1 g/mol. The first-order valence-electron chi connectivity index (χ1n) is 2.24. The van der Waals surface area contributed by atoms with Crippen molar-refractivity contribution in [2.45, 2.75) is 19.3 Å². The molecule has 0 saturated carbocycles. The number of rotatable bonds is 3. The van der Waals surface area contributed by atoms with Gasteiger partial charge in [0.1, 0.15) is 0 Å². The van der Waals surface area contributed by atoms with Crippen molar-refractivity contribution in [1.29, 1.82) is 0 Å². The lowest BCUT2D eigenvalue weighted by Crippen LogP contribution is -1.62. The van der Waals surface area contributed by atoms with Gasteiger partial charge in [-0.05, 0) is 12.8 Å². The SMILES string of the molecule is [CH]=CCCC[CH2]. The van der Waals surface area contributed by atoms with E-state index in [-0.39, 0.29) is 0 Å². The molecule has 0 heteroatoms.